The SMILES string of the molecule is CN(C)C(CNC(=O)CC1CC2CCC1C2)c1ccco1. The minimum atomic E-state index is 0.101. The van der Waals surface area contributed by atoms with Crippen molar-refractivity contribution < 1.29 is 9.21 Å². The van der Waals surface area contributed by atoms with Crippen LogP contribution in [0, 0.1) is 17.8 Å². The van der Waals surface area contributed by atoms with Crippen molar-refractivity contribution in [1.82, 2.24) is 10.2 Å². The molecule has 4 atom stereocenters. The molecule has 1 aromatic heterocycles. The molecule has 2 aliphatic carbocycles. The van der Waals surface area contributed by atoms with Crippen molar-refractivity contribution in [2.45, 2.75) is 38.1 Å². The second kappa shape index (κ2) is 6.22. The number of furan rings is 1. The van der Waals surface area contributed by atoms with Crippen molar-refractivity contribution in [1.29, 1.82) is 0 Å². The number of nitrogens with one attached hydrogen (secondary N) is 1. The lowest BCUT2D eigenvalue weighted by atomic mass is 9.86. The van der Waals surface area contributed by atoms with E-state index in [1.807, 2.05) is 26.2 Å². The van der Waals surface area contributed by atoms with Crippen molar-refractivity contribution in [3.63, 3.8) is 0 Å². The Bertz CT molecular complexity index is 469. The van der Waals surface area contributed by atoms with Gasteiger partial charge in [0.05, 0.1) is 12.3 Å². The zero-order valence-electron chi connectivity index (χ0n) is 13.0. The Morgan fingerprint density at radius 2 is 2.29 bits per heavy atom. The van der Waals surface area contributed by atoms with Gasteiger partial charge in [-0.15, -0.1) is 0 Å². The molecule has 0 aromatic carbocycles. The van der Waals surface area contributed by atoms with E-state index in [1.165, 1.54) is 25.7 Å². The second-order valence-corrected chi connectivity index (χ2v) is 6.94. The summed E-state index contributed by atoms with van der Waals surface area (Å²) in [6.07, 6.45) is 7.76. The number of hydrogen-bond donors (Lipinski definition) is 1. The first-order valence-corrected chi connectivity index (χ1v) is 8.10. The molecule has 116 valence electrons. The van der Waals surface area contributed by atoms with Gasteiger partial charge in [0.25, 0.3) is 0 Å². The molecule has 0 aliphatic heterocycles. The molecule has 2 aliphatic rings. The van der Waals surface area contributed by atoms with Crippen LogP contribution in [0.4, 0.5) is 0 Å². The Labute approximate surface area is 126 Å². The summed E-state index contributed by atoms with van der Waals surface area (Å²) in [6.45, 7) is 0.611. The number of likely N-dealkylation sites (N-methyl/N-ethyl adjacent to an activating group) is 1. The maximum atomic E-state index is 12.2. The van der Waals surface area contributed by atoms with Gasteiger partial charge in [-0.05, 0) is 63.2 Å². The number of rotatable bonds is 6. The van der Waals surface area contributed by atoms with E-state index in [-0.39, 0.29) is 11.9 Å². The van der Waals surface area contributed by atoms with Crippen LogP contribution in [0.1, 0.15) is 43.9 Å². The Balaban J connectivity index is 1.48. The average Bonchev–Trinajstić information content (AvgIpc) is 3.15. The first-order chi connectivity index (χ1) is 10.1. The van der Waals surface area contributed by atoms with Crippen LogP contribution in [0.15, 0.2) is 22.8 Å². The van der Waals surface area contributed by atoms with Gasteiger partial charge in [-0.25, -0.2) is 0 Å². The van der Waals surface area contributed by atoms with Gasteiger partial charge >= 0.3 is 0 Å². The van der Waals surface area contributed by atoms with Crippen LogP contribution in [0.25, 0.3) is 0 Å². The van der Waals surface area contributed by atoms with Crippen LogP contribution in [0.3, 0.4) is 0 Å². The van der Waals surface area contributed by atoms with Crippen molar-refractivity contribution >= 4 is 5.91 Å². The number of carbonyl (C=O) groups is 1. The zero-order valence-corrected chi connectivity index (χ0v) is 13.0. The van der Waals surface area contributed by atoms with Crippen LogP contribution in [0.5, 0.6) is 0 Å². The second-order valence-electron chi connectivity index (χ2n) is 6.94. The largest absolute Gasteiger partial charge is 0.468 e. The van der Waals surface area contributed by atoms with Crippen LogP contribution < -0.4 is 5.32 Å². The highest BCUT2D eigenvalue weighted by Crippen LogP contribution is 2.49. The normalized spacial score (nSPS) is 29.0. The fourth-order valence-electron chi connectivity index (χ4n) is 4.17. The number of fused-ring (bicyclic) bond motifs is 2. The van der Waals surface area contributed by atoms with Crippen molar-refractivity contribution in [2.75, 3.05) is 20.6 Å². The summed E-state index contributed by atoms with van der Waals surface area (Å²) in [4.78, 5) is 14.3. The van der Waals surface area contributed by atoms with Gasteiger partial charge in [0.15, 0.2) is 0 Å². The van der Waals surface area contributed by atoms with E-state index < -0.39 is 0 Å². The van der Waals surface area contributed by atoms with E-state index in [9.17, 15) is 4.79 Å². The molecule has 0 spiro atoms. The summed E-state index contributed by atoms with van der Waals surface area (Å²) in [5.41, 5.74) is 0. The highest BCUT2D eigenvalue weighted by Gasteiger charge is 2.40. The van der Waals surface area contributed by atoms with Gasteiger partial charge in [-0.1, -0.05) is 6.42 Å². The predicted molar refractivity (Wildman–Crippen MR) is 81.7 cm³/mol. The van der Waals surface area contributed by atoms with Crippen LogP contribution >= 0.6 is 0 Å². The lowest BCUT2D eigenvalue weighted by molar-refractivity contribution is -0.122. The summed E-state index contributed by atoms with van der Waals surface area (Å²) in [7, 11) is 4.02. The molecule has 0 saturated heterocycles. The van der Waals surface area contributed by atoms with Gasteiger partial charge < -0.3 is 9.73 Å². The summed E-state index contributed by atoms with van der Waals surface area (Å²) in [6, 6.07) is 3.96. The number of carbonyl (C=O) groups excluding carboxylic acids is 1. The molecule has 3 rings (SSSR count). The molecule has 1 heterocycles. The zero-order chi connectivity index (χ0) is 14.8. The first kappa shape index (κ1) is 14.6. The maximum absolute atomic E-state index is 12.2. The van der Waals surface area contributed by atoms with Crippen LogP contribution in [0.2, 0.25) is 0 Å². The summed E-state index contributed by atoms with van der Waals surface area (Å²) in [5.74, 6) is 3.46. The molecule has 2 fully saturated rings. The topological polar surface area (TPSA) is 45.5 Å². The molecular formula is C17H26N2O2. The fourth-order valence-corrected chi connectivity index (χ4v) is 4.17. The standard InChI is InChI=1S/C17H26N2O2/c1-19(2)15(16-4-3-7-21-16)11-18-17(20)10-14-9-12-5-6-13(14)8-12/h3-4,7,12-15H,5-6,8-11H2,1-2H3,(H,18,20). The van der Waals surface area contributed by atoms with Crippen molar-refractivity contribution in [2.24, 2.45) is 17.8 Å². The van der Waals surface area contributed by atoms with Crippen LogP contribution in [-0.2, 0) is 4.79 Å². The van der Waals surface area contributed by atoms with E-state index in [1.54, 1.807) is 6.26 Å². The lowest BCUT2D eigenvalue weighted by Crippen LogP contribution is -2.35. The number of nitrogens with zero attached hydrogens (tertiary/aromatic N) is 1. The summed E-state index contributed by atoms with van der Waals surface area (Å²) >= 11 is 0. The van der Waals surface area contributed by atoms with Gasteiger partial charge in [0.2, 0.25) is 5.91 Å². The molecule has 1 amide bonds. The monoisotopic (exact) mass is 290 g/mol. The Kier molecular flexibility index (Phi) is 4.34. The Hall–Kier alpha value is -1.29. The maximum Gasteiger partial charge on any atom is 0.220 e. The quantitative estimate of drug-likeness (QED) is 0.876. The molecule has 1 aromatic rings. The highest BCUT2D eigenvalue weighted by molar-refractivity contribution is 5.76. The Morgan fingerprint density at radius 3 is 2.86 bits per heavy atom. The Morgan fingerprint density at radius 1 is 1.43 bits per heavy atom. The third kappa shape index (κ3) is 3.31. The van der Waals surface area contributed by atoms with E-state index in [0.717, 1.165) is 17.6 Å². The van der Waals surface area contributed by atoms with E-state index in [2.05, 4.69) is 10.2 Å². The van der Waals surface area contributed by atoms with E-state index in [4.69, 9.17) is 4.42 Å². The number of amides is 1. The minimum Gasteiger partial charge on any atom is -0.468 e. The molecule has 0 radical (unpaired) electrons. The first-order valence-electron chi connectivity index (χ1n) is 8.10. The highest BCUT2D eigenvalue weighted by atomic mass is 16.3. The molecule has 2 saturated carbocycles. The molecule has 2 bridgehead atoms. The summed E-state index contributed by atoms with van der Waals surface area (Å²) < 4.78 is 5.47. The smallest absolute Gasteiger partial charge is 0.220 e. The van der Waals surface area contributed by atoms with E-state index in [0.29, 0.717) is 18.9 Å². The molecule has 4 unspecified atom stereocenters. The lowest BCUT2D eigenvalue weighted by Gasteiger charge is -2.24. The van der Waals surface area contributed by atoms with Crippen LogP contribution in [-0.4, -0.2) is 31.4 Å². The molecule has 1 N–H and O–H groups in total. The average molecular weight is 290 g/mol. The third-order valence-corrected chi connectivity index (χ3v) is 5.32. The molecule has 4 nitrogen and oxygen atoms in total. The van der Waals surface area contributed by atoms with Gasteiger partial charge in [-0.2, -0.15) is 0 Å². The van der Waals surface area contributed by atoms with E-state index >= 15 is 0 Å². The predicted octanol–water partition coefficient (Wildman–Crippen LogP) is 2.82. The third-order valence-electron chi connectivity index (χ3n) is 5.32. The molecule has 4 heteroatoms. The van der Waals surface area contributed by atoms with Gasteiger partial charge in [0.1, 0.15) is 5.76 Å². The fraction of sp³-hybridized carbons (Fsp3) is 0.706. The summed E-state index contributed by atoms with van der Waals surface area (Å²) in [5, 5.41) is 3.10. The minimum absolute atomic E-state index is 0.101. The number of hydrogen-bond acceptors (Lipinski definition) is 3. The van der Waals surface area contributed by atoms with Gasteiger partial charge in [-0.3, -0.25) is 9.69 Å². The molecular weight excluding hydrogens is 264 g/mol. The van der Waals surface area contributed by atoms with Crippen molar-refractivity contribution in [3.8, 4) is 0 Å². The molecule has 21 heavy (non-hydrogen) atoms. The van der Waals surface area contributed by atoms with Crippen molar-refractivity contribution in [3.05, 3.63) is 24.2 Å². The van der Waals surface area contributed by atoms with Gasteiger partial charge in [0, 0.05) is 13.0 Å².